The molecule has 3 rings (SSSR count). The number of aryl methyl sites for hydroxylation is 1. The molecular weight excluding hydrogens is 436 g/mol. The summed E-state index contributed by atoms with van der Waals surface area (Å²) in [4.78, 5) is 4.69. The second kappa shape index (κ2) is 13.3. The molecule has 3 aromatic rings. The first-order chi connectivity index (χ1) is 17.1. The molecule has 0 saturated heterocycles. The number of hydrogen-bond acceptors (Lipinski definition) is 6. The predicted octanol–water partition coefficient (Wildman–Crippen LogP) is 6.51. The van der Waals surface area contributed by atoms with Crippen molar-refractivity contribution in [2.45, 2.75) is 52.7 Å². The van der Waals surface area contributed by atoms with Crippen molar-refractivity contribution in [1.82, 2.24) is 4.98 Å². The minimum Gasteiger partial charge on any atom is -0.472 e. The number of aromatic nitrogens is 1. The fourth-order valence-corrected chi connectivity index (χ4v) is 3.58. The van der Waals surface area contributed by atoms with Gasteiger partial charge in [-0.15, -0.1) is 0 Å². The molecule has 1 heterocycles. The minimum atomic E-state index is 0.0796. The number of hydrogen-bond donors (Lipinski definition) is 2. The number of benzene rings is 2. The van der Waals surface area contributed by atoms with E-state index in [-0.39, 0.29) is 6.10 Å². The van der Waals surface area contributed by atoms with Gasteiger partial charge in [-0.25, -0.2) is 4.98 Å². The van der Waals surface area contributed by atoms with Crippen LogP contribution in [-0.2, 0) is 11.3 Å². The highest BCUT2D eigenvalue weighted by molar-refractivity contribution is 5.87. The Morgan fingerprint density at radius 3 is 2.49 bits per heavy atom. The summed E-state index contributed by atoms with van der Waals surface area (Å²) >= 11 is 0. The maximum atomic E-state index is 9.18. The van der Waals surface area contributed by atoms with Crippen molar-refractivity contribution in [1.29, 1.82) is 10.7 Å². The van der Waals surface area contributed by atoms with Gasteiger partial charge in [0.1, 0.15) is 12.3 Å². The van der Waals surface area contributed by atoms with Crippen LogP contribution in [0.1, 0.15) is 55.5 Å². The Labute approximate surface area is 208 Å². The van der Waals surface area contributed by atoms with E-state index in [1.165, 1.54) is 11.8 Å². The highest BCUT2D eigenvalue weighted by Gasteiger charge is 2.16. The van der Waals surface area contributed by atoms with E-state index in [9.17, 15) is 5.26 Å². The van der Waals surface area contributed by atoms with Gasteiger partial charge in [0.2, 0.25) is 5.88 Å². The van der Waals surface area contributed by atoms with E-state index < -0.39 is 0 Å². The highest BCUT2D eigenvalue weighted by atomic mass is 16.5. The van der Waals surface area contributed by atoms with Crippen molar-refractivity contribution in [3.63, 3.8) is 0 Å². The van der Waals surface area contributed by atoms with Gasteiger partial charge in [-0.3, -0.25) is 0 Å². The van der Waals surface area contributed by atoms with Crippen LogP contribution < -0.4 is 10.1 Å². The first-order valence-electron chi connectivity index (χ1n) is 12.2. The smallest absolute Gasteiger partial charge is 0.222 e. The van der Waals surface area contributed by atoms with Crippen LogP contribution in [0.2, 0.25) is 0 Å². The van der Waals surface area contributed by atoms with Crippen LogP contribution in [0, 0.1) is 23.7 Å². The van der Waals surface area contributed by atoms with Crippen LogP contribution in [0.5, 0.6) is 5.88 Å². The number of anilines is 1. The molecule has 0 aliphatic rings. The standard InChI is InChI=1S/C29H34N4O2/c1-4-6-15-34-25(5-2)19-32-27-16-26(24-13-11-22(17-30)12-14-24)29(33-28(27)18-31)35-20-23-9-7-21(3)8-10-23/h7-14,16,18,25,31-32H,4-6,15,19-20H2,1-3H3. The van der Waals surface area contributed by atoms with Crippen molar-refractivity contribution < 1.29 is 9.47 Å². The van der Waals surface area contributed by atoms with Crippen LogP contribution in [0.25, 0.3) is 11.1 Å². The van der Waals surface area contributed by atoms with Gasteiger partial charge in [0.25, 0.3) is 0 Å². The van der Waals surface area contributed by atoms with E-state index in [0.717, 1.165) is 48.2 Å². The molecule has 2 N–H and O–H groups in total. The van der Waals surface area contributed by atoms with Gasteiger partial charge in [-0.05, 0) is 49.1 Å². The van der Waals surface area contributed by atoms with Gasteiger partial charge in [-0.1, -0.05) is 62.2 Å². The summed E-state index contributed by atoms with van der Waals surface area (Å²) in [6, 6.07) is 19.7. The van der Waals surface area contributed by atoms with Crippen molar-refractivity contribution in [3.8, 4) is 23.1 Å². The summed E-state index contributed by atoms with van der Waals surface area (Å²) in [7, 11) is 0. The molecule has 6 nitrogen and oxygen atoms in total. The molecule has 0 aliphatic carbocycles. The largest absolute Gasteiger partial charge is 0.472 e. The van der Waals surface area contributed by atoms with Gasteiger partial charge in [0.05, 0.1) is 23.4 Å². The first-order valence-corrected chi connectivity index (χ1v) is 12.2. The van der Waals surface area contributed by atoms with Crippen molar-refractivity contribution in [2.24, 2.45) is 0 Å². The summed E-state index contributed by atoms with van der Waals surface area (Å²) in [5, 5.41) is 20.6. The lowest BCUT2D eigenvalue weighted by Crippen LogP contribution is -2.23. The zero-order valence-corrected chi connectivity index (χ0v) is 20.8. The van der Waals surface area contributed by atoms with Crippen LogP contribution in [0.4, 0.5) is 5.69 Å². The normalized spacial score (nSPS) is 11.5. The second-order valence-corrected chi connectivity index (χ2v) is 8.52. The zero-order valence-electron chi connectivity index (χ0n) is 20.8. The van der Waals surface area contributed by atoms with Gasteiger partial charge in [-0.2, -0.15) is 5.26 Å². The van der Waals surface area contributed by atoms with E-state index in [1.54, 1.807) is 12.1 Å². The summed E-state index contributed by atoms with van der Waals surface area (Å²) in [5.41, 5.74) is 5.76. The van der Waals surface area contributed by atoms with Gasteiger partial charge in [0.15, 0.2) is 0 Å². The molecule has 6 heteroatoms. The monoisotopic (exact) mass is 470 g/mol. The van der Waals surface area contributed by atoms with Crippen LogP contribution >= 0.6 is 0 Å². The highest BCUT2D eigenvalue weighted by Crippen LogP contribution is 2.33. The Balaban J connectivity index is 1.90. The first kappa shape index (κ1) is 25.9. The SMILES string of the molecule is CCCCOC(CC)CNc1cc(-c2ccc(C#N)cc2)c(OCc2ccc(C)cc2)nc1C=N. The molecule has 2 aromatic carbocycles. The number of nitrogens with zero attached hydrogens (tertiary/aromatic N) is 2. The Morgan fingerprint density at radius 1 is 1.11 bits per heavy atom. The average Bonchev–Trinajstić information content (AvgIpc) is 2.90. The Kier molecular flexibility index (Phi) is 9.82. The maximum absolute atomic E-state index is 9.18. The van der Waals surface area contributed by atoms with Crippen molar-refractivity contribution >= 4 is 11.9 Å². The third-order valence-electron chi connectivity index (χ3n) is 5.80. The van der Waals surface area contributed by atoms with E-state index in [4.69, 9.17) is 14.9 Å². The molecule has 0 aliphatic heterocycles. The number of nitrogens with one attached hydrogen (secondary N) is 2. The summed E-state index contributed by atoms with van der Waals surface area (Å²) in [5.74, 6) is 0.450. The zero-order chi connectivity index (χ0) is 25.0. The molecule has 0 fully saturated rings. The van der Waals surface area contributed by atoms with Crippen molar-refractivity contribution in [3.05, 3.63) is 77.0 Å². The van der Waals surface area contributed by atoms with Gasteiger partial charge in [0, 0.05) is 24.9 Å². The van der Waals surface area contributed by atoms with Crippen LogP contribution in [-0.4, -0.2) is 30.5 Å². The van der Waals surface area contributed by atoms with E-state index in [2.05, 4.69) is 49.3 Å². The average molecular weight is 471 g/mol. The molecule has 1 atom stereocenters. The minimum absolute atomic E-state index is 0.0796. The fourth-order valence-electron chi connectivity index (χ4n) is 3.58. The maximum Gasteiger partial charge on any atom is 0.222 e. The van der Waals surface area contributed by atoms with Crippen LogP contribution in [0.15, 0.2) is 54.6 Å². The lowest BCUT2D eigenvalue weighted by Gasteiger charge is -2.20. The predicted molar refractivity (Wildman–Crippen MR) is 141 cm³/mol. The molecule has 0 spiro atoms. The Bertz CT molecular complexity index is 1140. The molecule has 0 amide bonds. The van der Waals surface area contributed by atoms with E-state index in [0.29, 0.717) is 30.3 Å². The molecule has 0 saturated carbocycles. The Hall–Kier alpha value is -3.69. The number of ether oxygens (including phenoxy) is 2. The lowest BCUT2D eigenvalue weighted by molar-refractivity contribution is 0.0576. The molecule has 35 heavy (non-hydrogen) atoms. The van der Waals surface area contributed by atoms with Gasteiger partial charge < -0.3 is 20.2 Å². The van der Waals surface area contributed by atoms with Gasteiger partial charge >= 0.3 is 0 Å². The number of unbranched alkanes of at least 4 members (excludes halogenated alkanes) is 1. The third-order valence-corrected chi connectivity index (χ3v) is 5.80. The van der Waals surface area contributed by atoms with E-state index >= 15 is 0 Å². The number of pyridine rings is 1. The molecule has 0 radical (unpaired) electrons. The molecule has 1 unspecified atom stereocenters. The third kappa shape index (κ3) is 7.40. The number of rotatable bonds is 13. The second-order valence-electron chi connectivity index (χ2n) is 8.52. The van der Waals surface area contributed by atoms with E-state index in [1.807, 2.05) is 30.3 Å². The topological polar surface area (TPSA) is 91.0 Å². The fraction of sp³-hybridized carbons (Fsp3) is 0.345. The molecule has 1 aromatic heterocycles. The lowest BCUT2D eigenvalue weighted by atomic mass is 10.0. The molecule has 0 bridgehead atoms. The summed E-state index contributed by atoms with van der Waals surface area (Å²) < 4.78 is 12.1. The van der Waals surface area contributed by atoms with Crippen molar-refractivity contribution in [2.75, 3.05) is 18.5 Å². The summed E-state index contributed by atoms with van der Waals surface area (Å²) in [6.45, 7) is 8.04. The quantitative estimate of drug-likeness (QED) is 0.219. The molecular formula is C29H34N4O2. The van der Waals surface area contributed by atoms with Crippen LogP contribution in [0.3, 0.4) is 0 Å². The number of nitriles is 1. The Morgan fingerprint density at radius 2 is 1.86 bits per heavy atom. The molecule has 182 valence electrons. The summed E-state index contributed by atoms with van der Waals surface area (Å²) in [6.07, 6.45) is 4.35.